The summed E-state index contributed by atoms with van der Waals surface area (Å²) >= 11 is 0. The van der Waals surface area contributed by atoms with Gasteiger partial charge in [-0.3, -0.25) is 10.2 Å². The van der Waals surface area contributed by atoms with Crippen LogP contribution in [0.25, 0.3) is 0 Å². The molecule has 17 heavy (non-hydrogen) atoms. The van der Waals surface area contributed by atoms with Crippen LogP contribution in [0.5, 0.6) is 0 Å². The molecule has 0 saturated heterocycles. The average molecular weight is 235 g/mol. The van der Waals surface area contributed by atoms with Gasteiger partial charge in [0, 0.05) is 19.3 Å². The molecule has 0 heterocycles. The first-order valence-electron chi connectivity index (χ1n) is 5.65. The van der Waals surface area contributed by atoms with E-state index in [9.17, 15) is 4.79 Å². The minimum Gasteiger partial charge on any atom is -0.374 e. The molecule has 0 aliphatic rings. The lowest BCUT2D eigenvalue weighted by atomic mass is 9.92. The summed E-state index contributed by atoms with van der Waals surface area (Å²) < 4.78 is 0. The molecule has 1 aromatic carbocycles. The molecule has 4 nitrogen and oxygen atoms in total. The minimum atomic E-state index is -0.519. The fraction of sp³-hybridized carbons (Fsp3) is 0.462. The maximum Gasteiger partial charge on any atom is 0.241 e. The van der Waals surface area contributed by atoms with Crippen LogP contribution in [0, 0.1) is 12.3 Å². The maximum absolute atomic E-state index is 11.6. The number of anilines is 1. The van der Waals surface area contributed by atoms with E-state index in [2.05, 4.69) is 29.4 Å². The molecule has 0 spiro atoms. The highest BCUT2D eigenvalue weighted by atomic mass is 16.2. The Labute approximate surface area is 103 Å². The van der Waals surface area contributed by atoms with E-state index < -0.39 is 5.41 Å². The standard InChI is InChI=1S/C13H21N3O/c1-10-5-7-11(8-6-10)16(4)9-13(2,3)12(17)15-14/h5-8H,9,14H2,1-4H3,(H,15,17). The van der Waals surface area contributed by atoms with Gasteiger partial charge in [-0.25, -0.2) is 5.84 Å². The van der Waals surface area contributed by atoms with Gasteiger partial charge in [0.15, 0.2) is 0 Å². The number of benzene rings is 1. The quantitative estimate of drug-likeness (QED) is 0.472. The number of amides is 1. The summed E-state index contributed by atoms with van der Waals surface area (Å²) in [4.78, 5) is 13.6. The lowest BCUT2D eigenvalue weighted by molar-refractivity contribution is -0.128. The molecule has 1 amide bonds. The summed E-state index contributed by atoms with van der Waals surface area (Å²) in [5.74, 6) is 5.02. The molecule has 0 bridgehead atoms. The van der Waals surface area contributed by atoms with Gasteiger partial charge in [0.1, 0.15) is 0 Å². The van der Waals surface area contributed by atoms with E-state index in [4.69, 9.17) is 5.84 Å². The lowest BCUT2D eigenvalue weighted by Crippen LogP contribution is -2.46. The Kier molecular flexibility index (Phi) is 4.12. The molecule has 0 fully saturated rings. The van der Waals surface area contributed by atoms with Crippen molar-refractivity contribution in [3.05, 3.63) is 29.8 Å². The van der Waals surface area contributed by atoms with Crippen molar-refractivity contribution in [3.8, 4) is 0 Å². The van der Waals surface area contributed by atoms with Crippen LogP contribution >= 0.6 is 0 Å². The van der Waals surface area contributed by atoms with E-state index in [1.807, 2.05) is 33.0 Å². The van der Waals surface area contributed by atoms with Crippen molar-refractivity contribution in [2.75, 3.05) is 18.5 Å². The predicted molar refractivity (Wildman–Crippen MR) is 70.6 cm³/mol. The normalized spacial score (nSPS) is 11.1. The number of nitrogens with zero attached hydrogens (tertiary/aromatic N) is 1. The van der Waals surface area contributed by atoms with E-state index in [1.165, 1.54) is 5.56 Å². The second kappa shape index (κ2) is 5.19. The fourth-order valence-corrected chi connectivity index (χ4v) is 1.75. The molecule has 3 N–H and O–H groups in total. The zero-order valence-corrected chi connectivity index (χ0v) is 10.9. The number of hydrogen-bond donors (Lipinski definition) is 2. The fourth-order valence-electron chi connectivity index (χ4n) is 1.75. The van der Waals surface area contributed by atoms with E-state index in [0.29, 0.717) is 6.54 Å². The zero-order valence-electron chi connectivity index (χ0n) is 10.9. The number of carbonyl (C=O) groups is 1. The second-order valence-electron chi connectivity index (χ2n) is 5.05. The monoisotopic (exact) mass is 235 g/mol. The molecule has 0 radical (unpaired) electrons. The SMILES string of the molecule is Cc1ccc(N(C)CC(C)(C)C(=O)NN)cc1. The van der Waals surface area contributed by atoms with Gasteiger partial charge in [-0.1, -0.05) is 17.7 Å². The molecule has 0 aromatic heterocycles. The third-order valence-electron chi connectivity index (χ3n) is 2.85. The summed E-state index contributed by atoms with van der Waals surface area (Å²) in [5.41, 5.74) is 4.00. The molecule has 94 valence electrons. The number of nitrogens with two attached hydrogens (primary N) is 1. The van der Waals surface area contributed by atoms with Crippen LogP contribution in [0.15, 0.2) is 24.3 Å². The van der Waals surface area contributed by atoms with Crippen LogP contribution in [0.4, 0.5) is 5.69 Å². The Bertz CT molecular complexity index is 384. The number of hydrogen-bond acceptors (Lipinski definition) is 3. The Morgan fingerprint density at radius 1 is 1.35 bits per heavy atom. The first-order chi connectivity index (χ1) is 7.86. The van der Waals surface area contributed by atoms with Gasteiger partial charge in [-0.05, 0) is 32.9 Å². The smallest absolute Gasteiger partial charge is 0.241 e. The van der Waals surface area contributed by atoms with Gasteiger partial charge >= 0.3 is 0 Å². The van der Waals surface area contributed by atoms with Gasteiger partial charge < -0.3 is 4.90 Å². The van der Waals surface area contributed by atoms with Gasteiger partial charge in [0.25, 0.3) is 0 Å². The van der Waals surface area contributed by atoms with Crippen LogP contribution in [0.2, 0.25) is 0 Å². The van der Waals surface area contributed by atoms with Gasteiger partial charge in [-0.2, -0.15) is 0 Å². The molecule has 0 unspecified atom stereocenters. The first-order valence-corrected chi connectivity index (χ1v) is 5.65. The Hall–Kier alpha value is -1.55. The van der Waals surface area contributed by atoms with E-state index in [0.717, 1.165) is 5.69 Å². The zero-order chi connectivity index (χ0) is 13.1. The lowest BCUT2D eigenvalue weighted by Gasteiger charge is -2.30. The highest BCUT2D eigenvalue weighted by Gasteiger charge is 2.28. The number of carbonyl (C=O) groups excluding carboxylic acids is 1. The van der Waals surface area contributed by atoms with Gasteiger partial charge in [0.2, 0.25) is 5.91 Å². The number of nitrogens with one attached hydrogen (secondary N) is 1. The number of hydrazine groups is 1. The van der Waals surface area contributed by atoms with Crippen molar-refractivity contribution >= 4 is 11.6 Å². The largest absolute Gasteiger partial charge is 0.374 e. The highest BCUT2D eigenvalue weighted by molar-refractivity contribution is 5.81. The van der Waals surface area contributed by atoms with Crippen LogP contribution in [0.1, 0.15) is 19.4 Å². The van der Waals surface area contributed by atoms with Gasteiger partial charge in [-0.15, -0.1) is 0 Å². The first kappa shape index (κ1) is 13.5. The Balaban J connectivity index is 2.75. The third-order valence-corrected chi connectivity index (χ3v) is 2.85. The van der Waals surface area contributed by atoms with Crippen LogP contribution in [-0.4, -0.2) is 19.5 Å². The number of rotatable bonds is 4. The Morgan fingerprint density at radius 2 is 1.88 bits per heavy atom. The van der Waals surface area contributed by atoms with Gasteiger partial charge in [0.05, 0.1) is 5.41 Å². The van der Waals surface area contributed by atoms with E-state index >= 15 is 0 Å². The molecular weight excluding hydrogens is 214 g/mol. The summed E-state index contributed by atoms with van der Waals surface area (Å²) in [6.45, 7) is 6.41. The van der Waals surface area contributed by atoms with E-state index in [1.54, 1.807) is 0 Å². The topological polar surface area (TPSA) is 58.4 Å². The molecule has 0 aliphatic carbocycles. The van der Waals surface area contributed by atoms with Crippen molar-refractivity contribution in [2.45, 2.75) is 20.8 Å². The van der Waals surface area contributed by atoms with E-state index in [-0.39, 0.29) is 5.91 Å². The molecule has 1 aromatic rings. The third kappa shape index (κ3) is 3.46. The van der Waals surface area contributed by atoms with Crippen LogP contribution in [0.3, 0.4) is 0 Å². The van der Waals surface area contributed by atoms with Crippen molar-refractivity contribution in [1.82, 2.24) is 5.43 Å². The van der Waals surface area contributed by atoms with Crippen molar-refractivity contribution in [1.29, 1.82) is 0 Å². The van der Waals surface area contributed by atoms with Crippen molar-refractivity contribution in [2.24, 2.45) is 11.3 Å². The molecule has 4 heteroatoms. The van der Waals surface area contributed by atoms with Crippen molar-refractivity contribution in [3.63, 3.8) is 0 Å². The molecule has 0 saturated carbocycles. The van der Waals surface area contributed by atoms with Crippen molar-refractivity contribution < 1.29 is 4.79 Å². The molecular formula is C13H21N3O. The van der Waals surface area contributed by atoms with Crippen LogP contribution in [-0.2, 0) is 4.79 Å². The number of aryl methyl sites for hydroxylation is 1. The summed E-state index contributed by atoms with van der Waals surface area (Å²) in [6, 6.07) is 8.21. The van der Waals surface area contributed by atoms with Crippen LogP contribution < -0.4 is 16.2 Å². The molecule has 0 atom stereocenters. The maximum atomic E-state index is 11.6. The average Bonchev–Trinajstić information content (AvgIpc) is 2.28. The second-order valence-corrected chi connectivity index (χ2v) is 5.05. The highest BCUT2D eigenvalue weighted by Crippen LogP contribution is 2.21. The molecule has 1 rings (SSSR count). The summed E-state index contributed by atoms with van der Waals surface area (Å²) in [6.07, 6.45) is 0. The summed E-state index contributed by atoms with van der Waals surface area (Å²) in [5, 5.41) is 0. The molecule has 0 aliphatic heterocycles. The summed E-state index contributed by atoms with van der Waals surface area (Å²) in [7, 11) is 1.97. The minimum absolute atomic E-state index is 0.156. The predicted octanol–water partition coefficient (Wildman–Crippen LogP) is 1.45. The Morgan fingerprint density at radius 3 is 2.35 bits per heavy atom.